The standard InChI is InChI=1S/C33H34N2OS/c36-33(32-19-11-10-16-28(32)25-37-30-17-8-3-9-18-30)34-29-20-22-35(24-29)23-21-31(26-12-4-1-5-13-26)27-14-6-2-7-15-27/h1-19,29,31H,20-25H2,(H,34,36). The molecule has 4 aromatic rings. The smallest absolute Gasteiger partial charge is 0.251 e. The minimum atomic E-state index is 0.0440. The molecule has 0 radical (unpaired) electrons. The second-order valence-corrected chi connectivity index (χ2v) is 10.7. The van der Waals surface area contributed by atoms with Gasteiger partial charge < -0.3 is 10.2 Å². The van der Waals surface area contributed by atoms with Gasteiger partial charge in [-0.3, -0.25) is 4.79 Å². The van der Waals surface area contributed by atoms with Crippen molar-refractivity contribution in [2.45, 2.75) is 35.4 Å². The van der Waals surface area contributed by atoms with Gasteiger partial charge in [0.15, 0.2) is 0 Å². The van der Waals surface area contributed by atoms with E-state index in [0.717, 1.165) is 49.4 Å². The first-order valence-electron chi connectivity index (χ1n) is 13.1. The molecule has 1 unspecified atom stereocenters. The van der Waals surface area contributed by atoms with Crippen LogP contribution in [0.1, 0.15) is 45.8 Å². The van der Waals surface area contributed by atoms with E-state index in [1.807, 2.05) is 24.3 Å². The Balaban J connectivity index is 1.17. The second kappa shape index (κ2) is 12.8. The average molecular weight is 507 g/mol. The Kier molecular flexibility index (Phi) is 8.73. The summed E-state index contributed by atoms with van der Waals surface area (Å²) in [6, 6.07) is 40.1. The Morgan fingerprint density at radius 3 is 2.08 bits per heavy atom. The summed E-state index contributed by atoms with van der Waals surface area (Å²) in [4.78, 5) is 17.0. The topological polar surface area (TPSA) is 32.3 Å². The number of amides is 1. The fourth-order valence-electron chi connectivity index (χ4n) is 5.17. The Morgan fingerprint density at radius 2 is 1.41 bits per heavy atom. The molecule has 0 aromatic heterocycles. The summed E-state index contributed by atoms with van der Waals surface area (Å²) in [6.45, 7) is 2.95. The lowest BCUT2D eigenvalue weighted by Gasteiger charge is -2.22. The summed E-state index contributed by atoms with van der Waals surface area (Å²) in [5, 5.41) is 3.32. The molecule has 4 heteroatoms. The number of carbonyl (C=O) groups excluding carboxylic acids is 1. The summed E-state index contributed by atoms with van der Waals surface area (Å²) in [6.07, 6.45) is 2.06. The number of rotatable bonds is 10. The summed E-state index contributed by atoms with van der Waals surface area (Å²) in [5.74, 6) is 1.21. The lowest BCUT2D eigenvalue weighted by Crippen LogP contribution is -2.37. The van der Waals surface area contributed by atoms with E-state index >= 15 is 0 Å². The zero-order chi connectivity index (χ0) is 25.3. The second-order valence-electron chi connectivity index (χ2n) is 9.68. The van der Waals surface area contributed by atoms with Crippen LogP contribution in [0.3, 0.4) is 0 Å². The van der Waals surface area contributed by atoms with Crippen molar-refractivity contribution >= 4 is 17.7 Å². The van der Waals surface area contributed by atoms with Crippen LogP contribution in [-0.4, -0.2) is 36.5 Å². The molecule has 1 heterocycles. The zero-order valence-electron chi connectivity index (χ0n) is 21.1. The Labute approximate surface area is 224 Å². The van der Waals surface area contributed by atoms with Gasteiger partial charge in [-0.05, 0) is 54.3 Å². The van der Waals surface area contributed by atoms with Gasteiger partial charge in [0.2, 0.25) is 0 Å². The Hall–Kier alpha value is -3.34. The number of nitrogens with zero attached hydrogens (tertiary/aromatic N) is 1. The third-order valence-electron chi connectivity index (χ3n) is 7.15. The highest BCUT2D eigenvalue weighted by atomic mass is 32.2. The molecule has 1 saturated heterocycles. The van der Waals surface area contributed by atoms with Crippen molar-refractivity contribution in [3.05, 3.63) is 138 Å². The van der Waals surface area contributed by atoms with Crippen molar-refractivity contribution in [3.63, 3.8) is 0 Å². The van der Waals surface area contributed by atoms with Gasteiger partial charge in [-0.25, -0.2) is 0 Å². The van der Waals surface area contributed by atoms with Gasteiger partial charge in [0, 0.05) is 41.3 Å². The summed E-state index contributed by atoms with van der Waals surface area (Å²) in [5.41, 5.74) is 4.60. The van der Waals surface area contributed by atoms with E-state index in [2.05, 4.69) is 101 Å². The fraction of sp³-hybridized carbons (Fsp3) is 0.242. The van der Waals surface area contributed by atoms with Gasteiger partial charge in [0.1, 0.15) is 0 Å². The largest absolute Gasteiger partial charge is 0.348 e. The lowest BCUT2D eigenvalue weighted by atomic mass is 9.88. The third-order valence-corrected chi connectivity index (χ3v) is 8.21. The maximum Gasteiger partial charge on any atom is 0.251 e. The number of likely N-dealkylation sites (tertiary alicyclic amines) is 1. The third kappa shape index (κ3) is 6.91. The average Bonchev–Trinajstić information content (AvgIpc) is 3.41. The van der Waals surface area contributed by atoms with Gasteiger partial charge in [0.25, 0.3) is 5.91 Å². The normalized spacial score (nSPS) is 15.6. The minimum absolute atomic E-state index is 0.0440. The van der Waals surface area contributed by atoms with Crippen molar-refractivity contribution < 1.29 is 4.79 Å². The zero-order valence-corrected chi connectivity index (χ0v) is 21.9. The summed E-state index contributed by atoms with van der Waals surface area (Å²) >= 11 is 1.77. The van der Waals surface area contributed by atoms with Crippen LogP contribution in [0, 0.1) is 0 Å². The highest BCUT2D eigenvalue weighted by Crippen LogP contribution is 2.29. The fourth-order valence-corrected chi connectivity index (χ4v) is 6.09. The van der Waals surface area contributed by atoms with Gasteiger partial charge in [-0.15, -0.1) is 11.8 Å². The molecule has 1 N–H and O–H groups in total. The van der Waals surface area contributed by atoms with E-state index in [-0.39, 0.29) is 11.9 Å². The molecule has 5 rings (SSSR count). The minimum Gasteiger partial charge on any atom is -0.348 e. The van der Waals surface area contributed by atoms with Crippen LogP contribution in [0.15, 0.2) is 120 Å². The molecule has 1 aliphatic heterocycles. The lowest BCUT2D eigenvalue weighted by molar-refractivity contribution is 0.0937. The molecule has 0 saturated carbocycles. The molecular formula is C33H34N2OS. The molecular weight excluding hydrogens is 472 g/mol. The van der Waals surface area contributed by atoms with Crippen LogP contribution >= 0.6 is 11.8 Å². The molecule has 37 heavy (non-hydrogen) atoms. The number of hydrogen-bond acceptors (Lipinski definition) is 3. The molecule has 4 aromatic carbocycles. The molecule has 1 atom stereocenters. The highest BCUT2D eigenvalue weighted by Gasteiger charge is 2.26. The molecule has 0 aliphatic carbocycles. The molecule has 1 amide bonds. The van der Waals surface area contributed by atoms with Gasteiger partial charge in [-0.1, -0.05) is 97.1 Å². The number of benzene rings is 4. The van der Waals surface area contributed by atoms with Crippen LogP contribution < -0.4 is 5.32 Å². The van der Waals surface area contributed by atoms with Gasteiger partial charge >= 0.3 is 0 Å². The van der Waals surface area contributed by atoms with Crippen molar-refractivity contribution in [3.8, 4) is 0 Å². The molecule has 0 bridgehead atoms. The van der Waals surface area contributed by atoms with Gasteiger partial charge in [0.05, 0.1) is 0 Å². The molecule has 188 valence electrons. The van der Waals surface area contributed by atoms with E-state index in [1.165, 1.54) is 16.0 Å². The number of hydrogen-bond donors (Lipinski definition) is 1. The molecule has 1 aliphatic rings. The number of carbonyl (C=O) groups is 1. The first-order valence-corrected chi connectivity index (χ1v) is 14.1. The molecule has 1 fully saturated rings. The first kappa shape index (κ1) is 25.3. The van der Waals surface area contributed by atoms with E-state index < -0.39 is 0 Å². The SMILES string of the molecule is O=C(NC1CCN(CCC(c2ccccc2)c2ccccc2)C1)c1ccccc1CSc1ccccc1. The van der Waals surface area contributed by atoms with E-state index in [4.69, 9.17) is 0 Å². The number of thioether (sulfide) groups is 1. The molecule has 0 spiro atoms. The quantitative estimate of drug-likeness (QED) is 0.235. The van der Waals surface area contributed by atoms with E-state index in [0.29, 0.717) is 5.92 Å². The van der Waals surface area contributed by atoms with Crippen LogP contribution in [-0.2, 0) is 5.75 Å². The highest BCUT2D eigenvalue weighted by molar-refractivity contribution is 7.98. The van der Waals surface area contributed by atoms with Crippen LogP contribution in [0.4, 0.5) is 0 Å². The van der Waals surface area contributed by atoms with Crippen LogP contribution in [0.5, 0.6) is 0 Å². The number of nitrogens with one attached hydrogen (secondary N) is 1. The van der Waals surface area contributed by atoms with Crippen LogP contribution in [0.2, 0.25) is 0 Å². The maximum absolute atomic E-state index is 13.2. The summed E-state index contributed by atoms with van der Waals surface area (Å²) in [7, 11) is 0. The molecule has 3 nitrogen and oxygen atoms in total. The summed E-state index contributed by atoms with van der Waals surface area (Å²) < 4.78 is 0. The van der Waals surface area contributed by atoms with Gasteiger partial charge in [-0.2, -0.15) is 0 Å². The van der Waals surface area contributed by atoms with Crippen LogP contribution in [0.25, 0.3) is 0 Å². The van der Waals surface area contributed by atoms with Crippen molar-refractivity contribution in [1.82, 2.24) is 10.2 Å². The van der Waals surface area contributed by atoms with Crippen molar-refractivity contribution in [1.29, 1.82) is 0 Å². The van der Waals surface area contributed by atoms with Crippen molar-refractivity contribution in [2.75, 3.05) is 19.6 Å². The monoisotopic (exact) mass is 506 g/mol. The predicted molar refractivity (Wildman–Crippen MR) is 154 cm³/mol. The predicted octanol–water partition coefficient (Wildman–Crippen LogP) is 7.01. The Morgan fingerprint density at radius 1 is 0.811 bits per heavy atom. The van der Waals surface area contributed by atoms with E-state index in [9.17, 15) is 4.79 Å². The maximum atomic E-state index is 13.2. The van der Waals surface area contributed by atoms with Crippen molar-refractivity contribution in [2.24, 2.45) is 0 Å². The first-order chi connectivity index (χ1) is 18.3. The van der Waals surface area contributed by atoms with E-state index in [1.54, 1.807) is 11.8 Å². The Bertz CT molecular complexity index is 1220.